The molecule has 3 heterocycles. The largest absolute Gasteiger partial charge is 0.392 e. The molecule has 0 aromatic heterocycles. The van der Waals surface area contributed by atoms with Crippen molar-refractivity contribution in [3.63, 3.8) is 0 Å². The Morgan fingerprint density at radius 2 is 1.78 bits per heavy atom. The van der Waals surface area contributed by atoms with Crippen molar-refractivity contribution in [3.05, 3.63) is 64.5 Å². The van der Waals surface area contributed by atoms with Crippen molar-refractivity contribution in [2.75, 3.05) is 5.32 Å². The van der Waals surface area contributed by atoms with Crippen LogP contribution in [0.25, 0.3) is 0 Å². The molecule has 2 aromatic rings. The molecular formula is C24H24FN3O4. The molecule has 2 saturated heterocycles. The van der Waals surface area contributed by atoms with Crippen LogP contribution >= 0.6 is 0 Å². The molecule has 3 N–H and O–H groups in total. The van der Waals surface area contributed by atoms with Crippen molar-refractivity contribution in [1.82, 2.24) is 10.2 Å². The summed E-state index contributed by atoms with van der Waals surface area (Å²) in [6.07, 6.45) is -0.965. The van der Waals surface area contributed by atoms with E-state index in [1.807, 2.05) is 26.0 Å². The maximum atomic E-state index is 13.6. The second-order valence-electron chi connectivity index (χ2n) is 9.00. The number of fused-ring (bicyclic) bond motifs is 4. The van der Waals surface area contributed by atoms with Gasteiger partial charge in [0.2, 0.25) is 17.7 Å². The van der Waals surface area contributed by atoms with Crippen LogP contribution in [0.3, 0.4) is 0 Å². The molecule has 3 aliphatic heterocycles. The minimum absolute atomic E-state index is 0.0189. The highest BCUT2D eigenvalue weighted by Gasteiger charge is 2.71. The fraction of sp³-hybridized carbons (Fsp3) is 0.375. The van der Waals surface area contributed by atoms with E-state index < -0.39 is 53.1 Å². The zero-order valence-corrected chi connectivity index (χ0v) is 18.0. The van der Waals surface area contributed by atoms with Crippen molar-refractivity contribution >= 4 is 23.4 Å². The number of benzene rings is 2. The Kier molecular flexibility index (Phi) is 4.51. The molecule has 5 atom stereocenters. The predicted octanol–water partition coefficient (Wildman–Crippen LogP) is 1.74. The lowest BCUT2D eigenvalue weighted by molar-refractivity contribution is -0.143. The number of anilines is 1. The van der Waals surface area contributed by atoms with Gasteiger partial charge in [0.1, 0.15) is 11.4 Å². The predicted molar refractivity (Wildman–Crippen MR) is 114 cm³/mol. The molecule has 0 saturated carbocycles. The maximum absolute atomic E-state index is 13.6. The van der Waals surface area contributed by atoms with Crippen molar-refractivity contribution in [1.29, 1.82) is 0 Å². The molecule has 1 spiro atoms. The number of carbonyl (C=O) groups is 3. The van der Waals surface area contributed by atoms with Crippen LogP contribution in [-0.4, -0.2) is 39.9 Å². The molecule has 0 unspecified atom stereocenters. The van der Waals surface area contributed by atoms with Gasteiger partial charge in [0, 0.05) is 17.3 Å². The minimum atomic E-state index is -1.44. The lowest BCUT2D eigenvalue weighted by atomic mass is 9.76. The highest BCUT2D eigenvalue weighted by molar-refractivity contribution is 6.15. The Hall–Kier alpha value is -3.10. The number of nitrogens with zero attached hydrogens (tertiary/aromatic N) is 1. The maximum Gasteiger partial charge on any atom is 0.250 e. The van der Waals surface area contributed by atoms with E-state index in [9.17, 15) is 23.9 Å². The van der Waals surface area contributed by atoms with Gasteiger partial charge in [-0.2, -0.15) is 0 Å². The summed E-state index contributed by atoms with van der Waals surface area (Å²) in [4.78, 5) is 41.6. The number of carbonyl (C=O) groups excluding carboxylic acids is 3. The molecule has 0 aliphatic carbocycles. The normalized spacial score (nSPS) is 29.5. The van der Waals surface area contributed by atoms with Gasteiger partial charge in [-0.3, -0.25) is 24.6 Å². The van der Waals surface area contributed by atoms with E-state index in [1.54, 1.807) is 6.92 Å². The summed E-state index contributed by atoms with van der Waals surface area (Å²) in [6.45, 7) is 5.36. The molecule has 32 heavy (non-hydrogen) atoms. The van der Waals surface area contributed by atoms with E-state index in [0.717, 1.165) is 16.0 Å². The molecule has 8 heteroatoms. The van der Waals surface area contributed by atoms with Crippen LogP contribution in [0.2, 0.25) is 0 Å². The van der Waals surface area contributed by atoms with Crippen molar-refractivity contribution in [3.8, 4) is 0 Å². The van der Waals surface area contributed by atoms with E-state index in [1.165, 1.54) is 24.3 Å². The van der Waals surface area contributed by atoms with Gasteiger partial charge >= 0.3 is 0 Å². The quantitative estimate of drug-likeness (QED) is 0.636. The molecule has 3 aliphatic rings. The summed E-state index contributed by atoms with van der Waals surface area (Å²) in [5.41, 5.74) is 2.32. The summed E-state index contributed by atoms with van der Waals surface area (Å²) in [7, 11) is 0. The van der Waals surface area contributed by atoms with Crippen molar-refractivity contribution in [2.24, 2.45) is 11.8 Å². The third-order valence-corrected chi connectivity index (χ3v) is 7.22. The highest BCUT2D eigenvalue weighted by atomic mass is 19.1. The first kappa shape index (κ1) is 20.8. The van der Waals surface area contributed by atoms with E-state index in [-0.39, 0.29) is 6.54 Å². The topological polar surface area (TPSA) is 98.7 Å². The minimum Gasteiger partial charge on any atom is -0.392 e. The summed E-state index contributed by atoms with van der Waals surface area (Å²) in [6, 6.07) is 8.52. The molecule has 166 valence electrons. The third-order valence-electron chi connectivity index (χ3n) is 7.22. The number of rotatable bonds is 3. The Morgan fingerprint density at radius 3 is 2.44 bits per heavy atom. The summed E-state index contributed by atoms with van der Waals surface area (Å²) in [5.74, 6) is -3.60. The van der Waals surface area contributed by atoms with Crippen LogP contribution in [0.1, 0.15) is 29.2 Å². The van der Waals surface area contributed by atoms with E-state index in [0.29, 0.717) is 16.8 Å². The van der Waals surface area contributed by atoms with Crippen LogP contribution in [0.15, 0.2) is 36.4 Å². The monoisotopic (exact) mass is 437 g/mol. The van der Waals surface area contributed by atoms with Crippen LogP contribution in [0.5, 0.6) is 0 Å². The first-order valence-electron chi connectivity index (χ1n) is 10.6. The van der Waals surface area contributed by atoms with Gasteiger partial charge in [-0.1, -0.05) is 24.3 Å². The van der Waals surface area contributed by atoms with Gasteiger partial charge in [-0.15, -0.1) is 0 Å². The molecule has 3 amide bonds. The summed E-state index contributed by atoms with van der Waals surface area (Å²) in [5, 5.41) is 16.6. The van der Waals surface area contributed by atoms with Crippen LogP contribution in [-0.2, 0) is 26.5 Å². The average molecular weight is 437 g/mol. The molecule has 2 fully saturated rings. The van der Waals surface area contributed by atoms with Gasteiger partial charge in [-0.25, -0.2) is 4.39 Å². The average Bonchev–Trinajstić information content (AvgIpc) is 3.34. The Balaban J connectivity index is 1.62. The van der Waals surface area contributed by atoms with Crippen molar-refractivity contribution in [2.45, 2.75) is 45.0 Å². The van der Waals surface area contributed by atoms with Crippen LogP contribution in [0, 0.1) is 31.5 Å². The number of imide groups is 1. The lowest BCUT2D eigenvalue weighted by Gasteiger charge is -2.30. The van der Waals surface area contributed by atoms with E-state index in [2.05, 4.69) is 10.6 Å². The molecule has 2 aromatic carbocycles. The number of nitrogens with one attached hydrogen (secondary N) is 2. The molecule has 0 bridgehead atoms. The smallest absolute Gasteiger partial charge is 0.250 e. The number of amides is 3. The molecular weight excluding hydrogens is 413 g/mol. The number of aliphatic hydroxyl groups excluding tert-OH is 1. The fourth-order valence-electron chi connectivity index (χ4n) is 5.45. The number of aryl methyl sites for hydroxylation is 1. The molecule has 7 nitrogen and oxygen atoms in total. The highest BCUT2D eigenvalue weighted by Crippen LogP contribution is 2.54. The Bertz CT molecular complexity index is 1160. The zero-order chi connectivity index (χ0) is 22.9. The third kappa shape index (κ3) is 2.63. The Labute approximate surface area is 184 Å². The van der Waals surface area contributed by atoms with Gasteiger partial charge < -0.3 is 10.4 Å². The fourth-order valence-corrected chi connectivity index (χ4v) is 5.45. The van der Waals surface area contributed by atoms with E-state index >= 15 is 0 Å². The van der Waals surface area contributed by atoms with Crippen molar-refractivity contribution < 1.29 is 23.9 Å². The van der Waals surface area contributed by atoms with Crippen LogP contribution in [0.4, 0.5) is 10.1 Å². The lowest BCUT2D eigenvalue weighted by Crippen LogP contribution is -2.54. The number of halogens is 1. The number of aliphatic hydroxyl groups is 1. The van der Waals surface area contributed by atoms with Gasteiger partial charge in [-0.05, 0) is 49.6 Å². The zero-order valence-electron chi connectivity index (χ0n) is 18.0. The number of hydrogen-bond donors (Lipinski definition) is 3. The first-order valence-corrected chi connectivity index (χ1v) is 10.6. The van der Waals surface area contributed by atoms with Gasteiger partial charge in [0.05, 0.1) is 24.5 Å². The molecule has 0 radical (unpaired) electrons. The molecule has 5 rings (SSSR count). The SMILES string of the molecule is Cc1ccc2c(c1C)NC(=O)[C@]21N[C@@H]([C@H](C)O)[C@H]2C(=O)N(Cc3ccc(F)cc3)C(=O)[C@H]21. The van der Waals surface area contributed by atoms with Gasteiger partial charge in [0.15, 0.2) is 0 Å². The standard InChI is InChI=1S/C24H24FN3O4/c1-11-4-9-16-19(12(11)2)26-23(32)24(16)18-17(20(27-24)13(3)29)21(30)28(22(18)31)10-14-5-7-15(25)8-6-14/h4-9,13,17-18,20,27,29H,10H2,1-3H3,(H,26,32)/t13-,17-,18-,20-,24-/m0/s1. The number of hydrogen-bond acceptors (Lipinski definition) is 5. The number of likely N-dealkylation sites (tertiary alicyclic amines) is 1. The van der Waals surface area contributed by atoms with Crippen LogP contribution < -0.4 is 10.6 Å². The second kappa shape index (κ2) is 6.95. The van der Waals surface area contributed by atoms with E-state index in [4.69, 9.17) is 0 Å². The first-order chi connectivity index (χ1) is 15.2. The van der Waals surface area contributed by atoms with Gasteiger partial charge in [0.25, 0.3) is 0 Å². The summed E-state index contributed by atoms with van der Waals surface area (Å²) >= 11 is 0. The Morgan fingerprint density at radius 1 is 1.09 bits per heavy atom. The second-order valence-corrected chi connectivity index (χ2v) is 9.00. The summed E-state index contributed by atoms with van der Waals surface area (Å²) < 4.78 is 13.3.